The Bertz CT molecular complexity index is 997. The molecule has 0 radical (unpaired) electrons. The highest BCUT2D eigenvalue weighted by Crippen LogP contribution is 2.21. The highest BCUT2D eigenvalue weighted by molar-refractivity contribution is 7.88. The van der Waals surface area contributed by atoms with E-state index in [0.717, 1.165) is 22.3 Å². The number of aryl methyl sites for hydroxylation is 2. The molecule has 3 aromatic rings. The molecule has 0 unspecified atom stereocenters. The van der Waals surface area contributed by atoms with Gasteiger partial charge in [-0.2, -0.15) is 0 Å². The molecule has 26 heavy (non-hydrogen) atoms. The summed E-state index contributed by atoms with van der Waals surface area (Å²) in [5, 5.41) is 8.05. The van der Waals surface area contributed by atoms with Gasteiger partial charge in [0, 0.05) is 18.5 Å². The minimum absolute atomic E-state index is 0.0437. The van der Waals surface area contributed by atoms with Crippen LogP contribution in [0.15, 0.2) is 52.9 Å². The summed E-state index contributed by atoms with van der Waals surface area (Å²) in [7, 11) is -3.42. The number of nitrogens with one attached hydrogen (secondary N) is 1. The van der Waals surface area contributed by atoms with Gasteiger partial charge in [-0.3, -0.25) is 0 Å². The summed E-state index contributed by atoms with van der Waals surface area (Å²) in [5.74, 6) is 0.806. The Kier molecular flexibility index (Phi) is 5.49. The molecule has 0 bridgehead atoms. The number of hydrogen-bond acceptors (Lipinski definition) is 5. The van der Waals surface area contributed by atoms with E-state index < -0.39 is 10.0 Å². The van der Waals surface area contributed by atoms with Gasteiger partial charge in [0.05, 0.1) is 5.75 Å². The van der Waals surface area contributed by atoms with Crippen molar-refractivity contribution in [2.45, 2.75) is 26.0 Å². The summed E-state index contributed by atoms with van der Waals surface area (Å²) in [6, 6.07) is 15.2. The van der Waals surface area contributed by atoms with Crippen LogP contribution in [0.3, 0.4) is 0 Å². The second-order valence-corrected chi connectivity index (χ2v) is 7.95. The maximum atomic E-state index is 12.2. The lowest BCUT2D eigenvalue weighted by Crippen LogP contribution is -2.27. The van der Waals surface area contributed by atoms with Crippen molar-refractivity contribution in [3.8, 4) is 11.5 Å². The molecule has 0 amide bonds. The van der Waals surface area contributed by atoms with Crippen LogP contribution < -0.4 is 4.72 Å². The monoisotopic (exact) mass is 371 g/mol. The van der Waals surface area contributed by atoms with Gasteiger partial charge < -0.3 is 4.42 Å². The molecule has 0 atom stereocenters. The zero-order valence-corrected chi connectivity index (χ0v) is 15.6. The quantitative estimate of drug-likeness (QED) is 0.690. The fourth-order valence-electron chi connectivity index (χ4n) is 2.62. The molecule has 7 heteroatoms. The van der Waals surface area contributed by atoms with E-state index in [-0.39, 0.29) is 12.3 Å². The van der Waals surface area contributed by atoms with Crippen molar-refractivity contribution in [2.75, 3.05) is 6.54 Å². The molecule has 3 rings (SSSR count). The molecule has 6 nitrogen and oxygen atoms in total. The molecular formula is C19H21N3O3S. The first-order chi connectivity index (χ1) is 12.4. The van der Waals surface area contributed by atoms with E-state index in [0.29, 0.717) is 18.2 Å². The number of benzene rings is 2. The fourth-order valence-corrected chi connectivity index (χ4v) is 3.87. The smallest absolute Gasteiger partial charge is 0.247 e. The van der Waals surface area contributed by atoms with Crippen molar-refractivity contribution in [1.29, 1.82) is 0 Å². The van der Waals surface area contributed by atoms with E-state index in [1.165, 1.54) is 0 Å². The van der Waals surface area contributed by atoms with Crippen LogP contribution in [0.1, 0.15) is 22.6 Å². The van der Waals surface area contributed by atoms with Gasteiger partial charge in [0.2, 0.25) is 21.8 Å². The number of nitrogens with zero attached hydrogens (tertiary/aromatic N) is 2. The molecule has 2 aromatic carbocycles. The van der Waals surface area contributed by atoms with Gasteiger partial charge >= 0.3 is 0 Å². The largest absolute Gasteiger partial charge is 0.421 e. The van der Waals surface area contributed by atoms with Crippen LogP contribution >= 0.6 is 0 Å². The van der Waals surface area contributed by atoms with Crippen LogP contribution in [0.25, 0.3) is 11.5 Å². The summed E-state index contributed by atoms with van der Waals surface area (Å²) >= 11 is 0. The average molecular weight is 371 g/mol. The SMILES string of the molecule is Cc1ccccc1CS(=O)(=O)NCCc1nnc(-c2ccccc2C)o1. The summed E-state index contributed by atoms with van der Waals surface area (Å²) in [6.45, 7) is 4.08. The van der Waals surface area contributed by atoms with Gasteiger partial charge in [0.1, 0.15) is 0 Å². The highest BCUT2D eigenvalue weighted by atomic mass is 32.2. The third kappa shape index (κ3) is 4.56. The van der Waals surface area contributed by atoms with E-state index in [4.69, 9.17) is 4.42 Å². The Hall–Kier alpha value is -2.51. The summed E-state index contributed by atoms with van der Waals surface area (Å²) < 4.78 is 32.7. The third-order valence-corrected chi connectivity index (χ3v) is 5.44. The van der Waals surface area contributed by atoms with E-state index >= 15 is 0 Å². The van der Waals surface area contributed by atoms with Crippen molar-refractivity contribution in [3.05, 3.63) is 71.1 Å². The second kappa shape index (κ2) is 7.80. The lowest BCUT2D eigenvalue weighted by molar-refractivity contribution is 0.501. The van der Waals surface area contributed by atoms with Crippen LogP contribution in [0.5, 0.6) is 0 Å². The summed E-state index contributed by atoms with van der Waals surface area (Å²) in [5.41, 5.74) is 3.67. The first kappa shape index (κ1) is 18.3. The number of hydrogen-bond donors (Lipinski definition) is 1. The van der Waals surface area contributed by atoms with Crippen molar-refractivity contribution in [2.24, 2.45) is 0 Å². The molecule has 0 aliphatic rings. The normalized spacial score (nSPS) is 11.6. The number of sulfonamides is 1. The predicted molar refractivity (Wildman–Crippen MR) is 100.0 cm³/mol. The summed E-state index contributed by atoms with van der Waals surface area (Å²) in [6.07, 6.45) is 0.339. The van der Waals surface area contributed by atoms with Gasteiger partial charge in [0.25, 0.3) is 0 Å². The Morgan fingerprint density at radius 3 is 2.38 bits per heavy atom. The van der Waals surface area contributed by atoms with E-state index in [1.54, 1.807) is 0 Å². The zero-order chi connectivity index (χ0) is 18.6. The van der Waals surface area contributed by atoms with Gasteiger partial charge in [-0.1, -0.05) is 42.5 Å². The van der Waals surface area contributed by atoms with Gasteiger partial charge in [0.15, 0.2) is 0 Å². The Morgan fingerprint density at radius 2 is 1.65 bits per heavy atom. The molecular weight excluding hydrogens is 350 g/mol. The van der Waals surface area contributed by atoms with Gasteiger partial charge in [-0.05, 0) is 36.6 Å². The molecule has 1 N–H and O–H groups in total. The third-order valence-electron chi connectivity index (χ3n) is 4.11. The maximum Gasteiger partial charge on any atom is 0.247 e. The number of rotatable bonds is 7. The topological polar surface area (TPSA) is 85.1 Å². The zero-order valence-electron chi connectivity index (χ0n) is 14.8. The van der Waals surface area contributed by atoms with Crippen molar-refractivity contribution in [1.82, 2.24) is 14.9 Å². The second-order valence-electron chi connectivity index (χ2n) is 6.15. The molecule has 0 saturated heterocycles. The predicted octanol–water partition coefficient (Wildman–Crippen LogP) is 3.02. The molecule has 0 saturated carbocycles. The first-order valence-corrected chi connectivity index (χ1v) is 10.00. The van der Waals surface area contributed by atoms with Crippen LogP contribution in [0.4, 0.5) is 0 Å². The minimum atomic E-state index is -3.42. The van der Waals surface area contributed by atoms with Crippen molar-refractivity contribution >= 4 is 10.0 Å². The minimum Gasteiger partial charge on any atom is -0.421 e. The fraction of sp³-hybridized carbons (Fsp3) is 0.263. The Morgan fingerprint density at radius 1 is 0.962 bits per heavy atom. The van der Waals surface area contributed by atoms with Crippen LogP contribution in [-0.2, 0) is 22.2 Å². The van der Waals surface area contributed by atoms with Crippen molar-refractivity contribution < 1.29 is 12.8 Å². The highest BCUT2D eigenvalue weighted by Gasteiger charge is 2.14. The summed E-state index contributed by atoms with van der Waals surface area (Å²) in [4.78, 5) is 0. The molecule has 0 spiro atoms. The van der Waals surface area contributed by atoms with Crippen LogP contribution in [0.2, 0.25) is 0 Å². The van der Waals surface area contributed by atoms with Gasteiger partial charge in [-0.25, -0.2) is 13.1 Å². The molecule has 0 aliphatic heterocycles. The van der Waals surface area contributed by atoms with Crippen molar-refractivity contribution in [3.63, 3.8) is 0 Å². The Labute approximate surface area is 153 Å². The molecule has 1 aromatic heterocycles. The van der Waals surface area contributed by atoms with Crippen LogP contribution in [-0.4, -0.2) is 25.2 Å². The molecule has 0 aliphatic carbocycles. The maximum absolute atomic E-state index is 12.2. The van der Waals surface area contributed by atoms with E-state index in [2.05, 4.69) is 14.9 Å². The first-order valence-electron chi connectivity index (χ1n) is 8.35. The average Bonchev–Trinajstić information content (AvgIpc) is 3.06. The van der Waals surface area contributed by atoms with E-state index in [9.17, 15) is 8.42 Å². The standard InChI is InChI=1S/C19H21N3O3S/c1-14-7-3-5-9-16(14)13-26(23,24)20-12-11-18-21-22-19(25-18)17-10-6-4-8-15(17)2/h3-10,20H,11-13H2,1-2H3. The molecule has 0 fully saturated rings. The number of aromatic nitrogens is 2. The van der Waals surface area contributed by atoms with Crippen LogP contribution in [0, 0.1) is 13.8 Å². The lowest BCUT2D eigenvalue weighted by atomic mass is 10.1. The Balaban J connectivity index is 1.58. The molecule has 1 heterocycles. The lowest BCUT2D eigenvalue weighted by Gasteiger charge is -2.07. The van der Waals surface area contributed by atoms with E-state index in [1.807, 2.05) is 62.4 Å². The van der Waals surface area contributed by atoms with Gasteiger partial charge in [-0.15, -0.1) is 10.2 Å². The molecule has 136 valence electrons.